The summed E-state index contributed by atoms with van der Waals surface area (Å²) >= 11 is 0. The van der Waals surface area contributed by atoms with Crippen molar-refractivity contribution in [3.05, 3.63) is 11.4 Å². The summed E-state index contributed by atoms with van der Waals surface area (Å²) in [5.74, 6) is 0.541. The number of aromatic nitrogens is 3. The molecule has 0 spiro atoms. The van der Waals surface area contributed by atoms with E-state index in [1.54, 1.807) is 4.90 Å². The van der Waals surface area contributed by atoms with E-state index >= 15 is 0 Å². The second kappa shape index (κ2) is 5.53. The van der Waals surface area contributed by atoms with Gasteiger partial charge in [-0.1, -0.05) is 5.21 Å². The van der Waals surface area contributed by atoms with Gasteiger partial charge in [0.2, 0.25) is 0 Å². The monoisotopic (exact) mass is 308 g/mol. The molecule has 2 heterocycles. The minimum absolute atomic E-state index is 0.0235. The first kappa shape index (κ1) is 15.3. The highest BCUT2D eigenvalue weighted by molar-refractivity contribution is 5.68. The third-order valence-electron chi connectivity index (χ3n) is 4.02. The summed E-state index contributed by atoms with van der Waals surface area (Å²) in [4.78, 5) is 13.8. The van der Waals surface area contributed by atoms with Crippen molar-refractivity contribution in [3.8, 4) is 0 Å². The fraction of sp³-hybridized carbons (Fsp3) is 0.800. The van der Waals surface area contributed by atoms with Crippen molar-refractivity contribution < 1.29 is 14.6 Å². The molecule has 0 aromatic carbocycles. The van der Waals surface area contributed by atoms with Gasteiger partial charge in [-0.15, -0.1) is 5.10 Å². The molecule has 1 aromatic heterocycles. The molecule has 1 aromatic rings. The van der Waals surface area contributed by atoms with Gasteiger partial charge < -0.3 is 14.7 Å². The largest absolute Gasteiger partial charge is 0.444 e. The Morgan fingerprint density at radius 2 is 2.14 bits per heavy atom. The summed E-state index contributed by atoms with van der Waals surface area (Å²) in [6.45, 7) is 7.21. The van der Waals surface area contributed by atoms with Crippen LogP contribution >= 0.6 is 0 Å². The van der Waals surface area contributed by atoms with Crippen molar-refractivity contribution in [2.24, 2.45) is 5.92 Å². The van der Waals surface area contributed by atoms with E-state index < -0.39 is 5.60 Å². The first-order valence-corrected chi connectivity index (χ1v) is 7.88. The van der Waals surface area contributed by atoms with Crippen LogP contribution in [0.15, 0.2) is 0 Å². The van der Waals surface area contributed by atoms with Crippen LogP contribution in [0.25, 0.3) is 0 Å². The quantitative estimate of drug-likeness (QED) is 0.915. The van der Waals surface area contributed by atoms with Crippen LogP contribution in [0.1, 0.15) is 50.9 Å². The Balaban J connectivity index is 1.77. The molecule has 1 fully saturated rings. The Hall–Kier alpha value is -1.63. The number of amides is 1. The predicted octanol–water partition coefficient (Wildman–Crippen LogP) is 1.51. The van der Waals surface area contributed by atoms with Crippen molar-refractivity contribution in [1.29, 1.82) is 0 Å². The van der Waals surface area contributed by atoms with E-state index in [4.69, 9.17) is 4.74 Å². The van der Waals surface area contributed by atoms with Crippen LogP contribution in [-0.4, -0.2) is 49.8 Å². The lowest BCUT2D eigenvalue weighted by atomic mass is 9.99. The minimum Gasteiger partial charge on any atom is -0.444 e. The van der Waals surface area contributed by atoms with Gasteiger partial charge in [-0.05, 0) is 39.5 Å². The summed E-state index contributed by atoms with van der Waals surface area (Å²) in [6.07, 6.45) is 2.11. The number of hydrogen-bond acceptors (Lipinski definition) is 5. The number of ether oxygens (including phenoxy) is 1. The maximum Gasteiger partial charge on any atom is 0.410 e. The SMILES string of the molecule is CC(C)(C)OC(=O)N1Cc2nnn(CC3CC3)c2C(CO)C1. The molecule has 1 atom stereocenters. The molecule has 2 aliphatic rings. The van der Waals surface area contributed by atoms with Crippen molar-refractivity contribution in [2.45, 2.75) is 58.2 Å². The molecule has 3 rings (SSSR count). The summed E-state index contributed by atoms with van der Waals surface area (Å²) in [5, 5.41) is 18.2. The van der Waals surface area contributed by atoms with E-state index in [0.717, 1.165) is 17.9 Å². The van der Waals surface area contributed by atoms with Gasteiger partial charge >= 0.3 is 6.09 Å². The highest BCUT2D eigenvalue weighted by Crippen LogP contribution is 2.33. The Kier molecular flexibility index (Phi) is 3.84. The lowest BCUT2D eigenvalue weighted by molar-refractivity contribution is 0.0184. The molecular formula is C15H24N4O3. The maximum absolute atomic E-state index is 12.2. The third kappa shape index (κ3) is 3.24. The molecule has 0 bridgehead atoms. The molecule has 1 aliphatic heterocycles. The normalized spacial score (nSPS) is 21.6. The molecule has 1 amide bonds. The maximum atomic E-state index is 12.2. The number of hydrogen-bond donors (Lipinski definition) is 1. The van der Waals surface area contributed by atoms with E-state index in [1.807, 2.05) is 25.5 Å². The number of fused-ring (bicyclic) bond motifs is 1. The standard InChI is InChI=1S/C15H24N4O3/c1-15(2,3)22-14(21)18-7-11(9-20)13-12(8-18)16-17-19(13)6-10-4-5-10/h10-11,20H,4-9H2,1-3H3. The van der Waals surface area contributed by atoms with Crippen LogP contribution in [0.2, 0.25) is 0 Å². The molecule has 0 saturated heterocycles. The molecule has 7 heteroatoms. The zero-order valence-corrected chi connectivity index (χ0v) is 13.4. The van der Waals surface area contributed by atoms with E-state index in [-0.39, 0.29) is 18.6 Å². The highest BCUT2D eigenvalue weighted by atomic mass is 16.6. The summed E-state index contributed by atoms with van der Waals surface area (Å²) in [7, 11) is 0. The number of aliphatic hydroxyl groups is 1. The topological polar surface area (TPSA) is 80.5 Å². The zero-order chi connectivity index (χ0) is 15.9. The minimum atomic E-state index is -0.532. The van der Waals surface area contributed by atoms with Crippen LogP contribution in [0.5, 0.6) is 0 Å². The number of nitrogens with zero attached hydrogens (tertiary/aromatic N) is 4. The lowest BCUT2D eigenvalue weighted by Gasteiger charge is -2.33. The molecule has 122 valence electrons. The van der Waals surface area contributed by atoms with Gasteiger partial charge in [-0.2, -0.15) is 0 Å². The Morgan fingerprint density at radius 3 is 2.73 bits per heavy atom. The van der Waals surface area contributed by atoms with Crippen molar-refractivity contribution in [3.63, 3.8) is 0 Å². The molecule has 1 unspecified atom stereocenters. The van der Waals surface area contributed by atoms with Crippen LogP contribution < -0.4 is 0 Å². The Morgan fingerprint density at radius 1 is 1.41 bits per heavy atom. The van der Waals surface area contributed by atoms with Crippen molar-refractivity contribution in [1.82, 2.24) is 19.9 Å². The van der Waals surface area contributed by atoms with Gasteiger partial charge in [-0.25, -0.2) is 9.48 Å². The number of rotatable bonds is 3. The first-order chi connectivity index (χ1) is 10.4. The Bertz CT molecular complexity index is 560. The summed E-state index contributed by atoms with van der Waals surface area (Å²) in [5.41, 5.74) is 1.22. The van der Waals surface area contributed by atoms with Gasteiger partial charge in [0.1, 0.15) is 11.3 Å². The third-order valence-corrected chi connectivity index (χ3v) is 4.02. The van der Waals surface area contributed by atoms with E-state index in [0.29, 0.717) is 19.0 Å². The predicted molar refractivity (Wildman–Crippen MR) is 79.2 cm³/mol. The lowest BCUT2D eigenvalue weighted by Crippen LogP contribution is -2.42. The van der Waals surface area contributed by atoms with Crippen LogP contribution in [0.3, 0.4) is 0 Å². The van der Waals surface area contributed by atoms with Crippen LogP contribution in [0.4, 0.5) is 4.79 Å². The second-order valence-corrected chi connectivity index (χ2v) is 7.29. The van der Waals surface area contributed by atoms with Crippen LogP contribution in [0, 0.1) is 5.92 Å². The number of carbonyl (C=O) groups is 1. The average molecular weight is 308 g/mol. The zero-order valence-electron chi connectivity index (χ0n) is 13.4. The fourth-order valence-electron chi connectivity index (χ4n) is 2.80. The Labute approximate surface area is 130 Å². The summed E-state index contributed by atoms with van der Waals surface area (Å²) < 4.78 is 7.33. The smallest absolute Gasteiger partial charge is 0.410 e. The summed E-state index contributed by atoms with van der Waals surface area (Å²) in [6, 6.07) is 0. The van der Waals surface area contributed by atoms with E-state index in [9.17, 15) is 9.90 Å². The first-order valence-electron chi connectivity index (χ1n) is 7.88. The van der Waals surface area contributed by atoms with Crippen molar-refractivity contribution in [2.75, 3.05) is 13.2 Å². The number of carbonyl (C=O) groups excluding carboxylic acids is 1. The molecule has 7 nitrogen and oxygen atoms in total. The van der Waals surface area contributed by atoms with Gasteiger partial charge in [0, 0.05) is 19.0 Å². The molecular weight excluding hydrogens is 284 g/mol. The van der Waals surface area contributed by atoms with Gasteiger partial charge in [0.05, 0.1) is 18.8 Å². The van der Waals surface area contributed by atoms with E-state index in [2.05, 4.69) is 10.3 Å². The average Bonchev–Trinajstić information content (AvgIpc) is 3.15. The van der Waals surface area contributed by atoms with Gasteiger partial charge in [0.25, 0.3) is 0 Å². The number of aliphatic hydroxyl groups excluding tert-OH is 1. The van der Waals surface area contributed by atoms with Gasteiger partial charge in [-0.3, -0.25) is 0 Å². The fourth-order valence-corrected chi connectivity index (χ4v) is 2.80. The van der Waals surface area contributed by atoms with Crippen molar-refractivity contribution >= 4 is 6.09 Å². The second-order valence-electron chi connectivity index (χ2n) is 7.29. The molecule has 0 radical (unpaired) electrons. The molecule has 22 heavy (non-hydrogen) atoms. The van der Waals surface area contributed by atoms with Crippen LogP contribution in [-0.2, 0) is 17.8 Å². The van der Waals surface area contributed by atoms with Gasteiger partial charge in [0.15, 0.2) is 0 Å². The molecule has 1 saturated carbocycles. The van der Waals surface area contributed by atoms with E-state index in [1.165, 1.54) is 12.8 Å². The highest BCUT2D eigenvalue weighted by Gasteiger charge is 2.35. The molecule has 1 N–H and O–H groups in total. The molecule has 1 aliphatic carbocycles.